The summed E-state index contributed by atoms with van der Waals surface area (Å²) >= 11 is 5.74. The van der Waals surface area contributed by atoms with Crippen molar-refractivity contribution in [1.82, 2.24) is 4.72 Å². The van der Waals surface area contributed by atoms with Crippen molar-refractivity contribution in [3.8, 4) is 0 Å². The van der Waals surface area contributed by atoms with Gasteiger partial charge in [0.25, 0.3) is 0 Å². The molecule has 20 heavy (non-hydrogen) atoms. The number of primary amides is 1. The number of nitrogens with one attached hydrogen (secondary N) is 1. The van der Waals surface area contributed by atoms with Gasteiger partial charge in [-0.05, 0) is 37.1 Å². The molecule has 0 bridgehead atoms. The number of halogens is 1. The van der Waals surface area contributed by atoms with Crippen molar-refractivity contribution in [3.05, 3.63) is 29.3 Å². The molecule has 0 radical (unpaired) electrons. The molecule has 3 N–H and O–H groups in total. The van der Waals surface area contributed by atoms with Crippen LogP contribution in [0.3, 0.4) is 0 Å². The van der Waals surface area contributed by atoms with Crippen molar-refractivity contribution < 1.29 is 13.2 Å². The molecule has 0 aliphatic heterocycles. The van der Waals surface area contributed by atoms with Crippen LogP contribution in [0.2, 0.25) is 5.02 Å². The Kier molecular flexibility index (Phi) is 4.67. The van der Waals surface area contributed by atoms with Crippen molar-refractivity contribution >= 4 is 27.5 Å². The van der Waals surface area contributed by atoms with Crippen LogP contribution in [0.15, 0.2) is 29.2 Å². The van der Waals surface area contributed by atoms with Crippen molar-refractivity contribution in [2.24, 2.45) is 11.7 Å². The average Bonchev–Trinajstić information content (AvgIpc) is 2.39. The zero-order valence-electron chi connectivity index (χ0n) is 10.9. The molecule has 2 rings (SSSR count). The fraction of sp³-hybridized carbons (Fsp3) is 0.462. The minimum atomic E-state index is -3.66. The summed E-state index contributed by atoms with van der Waals surface area (Å²) in [5, 5.41) is 0.469. The van der Waals surface area contributed by atoms with E-state index in [-0.39, 0.29) is 4.90 Å². The van der Waals surface area contributed by atoms with Crippen LogP contribution in [0.4, 0.5) is 0 Å². The Morgan fingerprint density at radius 2 is 1.80 bits per heavy atom. The van der Waals surface area contributed by atoms with E-state index in [0.717, 1.165) is 12.8 Å². The Labute approximate surface area is 123 Å². The monoisotopic (exact) mass is 316 g/mol. The van der Waals surface area contributed by atoms with Gasteiger partial charge in [0.1, 0.15) is 0 Å². The van der Waals surface area contributed by atoms with Crippen molar-refractivity contribution in [3.63, 3.8) is 0 Å². The van der Waals surface area contributed by atoms with Gasteiger partial charge in [-0.1, -0.05) is 24.4 Å². The fourth-order valence-electron chi connectivity index (χ4n) is 2.49. The van der Waals surface area contributed by atoms with E-state index in [4.69, 9.17) is 17.3 Å². The first-order valence-electron chi connectivity index (χ1n) is 6.47. The summed E-state index contributed by atoms with van der Waals surface area (Å²) < 4.78 is 27.1. The van der Waals surface area contributed by atoms with Crippen LogP contribution in [0.1, 0.15) is 25.7 Å². The smallest absolute Gasteiger partial charge is 0.240 e. The molecule has 1 fully saturated rings. The predicted molar refractivity (Wildman–Crippen MR) is 76.7 cm³/mol. The molecule has 1 aliphatic carbocycles. The highest BCUT2D eigenvalue weighted by molar-refractivity contribution is 7.89. The van der Waals surface area contributed by atoms with Gasteiger partial charge in [0, 0.05) is 11.1 Å². The van der Waals surface area contributed by atoms with E-state index in [1.807, 2.05) is 0 Å². The normalized spacial score (nSPS) is 23.4. The molecule has 5 nitrogen and oxygen atoms in total. The molecular formula is C13H17ClN2O3S. The summed E-state index contributed by atoms with van der Waals surface area (Å²) in [6, 6.07) is 5.48. The molecule has 1 aromatic carbocycles. The highest BCUT2D eigenvalue weighted by Crippen LogP contribution is 2.26. The van der Waals surface area contributed by atoms with Crippen molar-refractivity contribution in [1.29, 1.82) is 0 Å². The Balaban J connectivity index is 2.18. The Bertz CT molecular complexity index is 586. The van der Waals surface area contributed by atoms with Gasteiger partial charge in [0.15, 0.2) is 0 Å². The first-order valence-corrected chi connectivity index (χ1v) is 8.33. The highest BCUT2D eigenvalue weighted by atomic mass is 35.5. The first kappa shape index (κ1) is 15.3. The Morgan fingerprint density at radius 1 is 1.20 bits per heavy atom. The van der Waals surface area contributed by atoms with E-state index in [1.54, 1.807) is 0 Å². The van der Waals surface area contributed by atoms with Gasteiger partial charge in [-0.25, -0.2) is 13.1 Å². The van der Waals surface area contributed by atoms with Crippen LogP contribution in [0.5, 0.6) is 0 Å². The highest BCUT2D eigenvalue weighted by Gasteiger charge is 2.32. The minimum absolute atomic E-state index is 0.135. The molecule has 1 aliphatic rings. The van der Waals surface area contributed by atoms with E-state index >= 15 is 0 Å². The maximum Gasteiger partial charge on any atom is 0.240 e. The third-order valence-corrected chi connectivity index (χ3v) is 5.32. The number of hydrogen-bond donors (Lipinski definition) is 2. The summed E-state index contributed by atoms with van der Waals surface area (Å²) in [6.45, 7) is 0. The van der Waals surface area contributed by atoms with E-state index in [9.17, 15) is 13.2 Å². The maximum atomic E-state index is 12.3. The largest absolute Gasteiger partial charge is 0.369 e. The van der Waals surface area contributed by atoms with Crippen LogP contribution < -0.4 is 10.5 Å². The van der Waals surface area contributed by atoms with Crippen molar-refractivity contribution in [2.45, 2.75) is 36.6 Å². The SMILES string of the molecule is NC(=O)C1CCCC[C@@H]1NS(=O)(=O)c1ccc(Cl)cc1. The summed E-state index contributed by atoms with van der Waals surface area (Å²) in [6.07, 6.45) is 3.04. The standard InChI is InChI=1S/C13H17ClN2O3S/c14-9-5-7-10(8-6-9)20(18,19)16-12-4-2-1-3-11(12)13(15)17/h5-8,11-12,16H,1-4H2,(H2,15,17)/t11?,12-/m0/s1. The maximum absolute atomic E-state index is 12.3. The lowest BCUT2D eigenvalue weighted by molar-refractivity contribution is -0.123. The number of benzene rings is 1. The number of hydrogen-bond acceptors (Lipinski definition) is 3. The Hall–Kier alpha value is -1.11. The van der Waals surface area contributed by atoms with E-state index in [2.05, 4.69) is 4.72 Å². The zero-order chi connectivity index (χ0) is 14.8. The van der Waals surface area contributed by atoms with Gasteiger partial charge in [-0.15, -0.1) is 0 Å². The van der Waals surface area contributed by atoms with Crippen LogP contribution in [0, 0.1) is 5.92 Å². The number of carbonyl (C=O) groups is 1. The van der Waals surface area contributed by atoms with Gasteiger partial charge < -0.3 is 5.73 Å². The lowest BCUT2D eigenvalue weighted by Crippen LogP contribution is -2.46. The van der Waals surface area contributed by atoms with Gasteiger partial charge >= 0.3 is 0 Å². The molecule has 0 saturated heterocycles. The zero-order valence-corrected chi connectivity index (χ0v) is 12.5. The third kappa shape index (κ3) is 3.50. The number of carbonyl (C=O) groups excluding carboxylic acids is 1. The van der Waals surface area contributed by atoms with E-state index < -0.39 is 27.9 Å². The molecule has 7 heteroatoms. The number of rotatable bonds is 4. The predicted octanol–water partition coefficient (Wildman–Crippen LogP) is 1.66. The van der Waals surface area contributed by atoms with E-state index in [0.29, 0.717) is 17.9 Å². The summed E-state index contributed by atoms with van der Waals surface area (Å²) in [7, 11) is -3.66. The number of nitrogens with two attached hydrogens (primary N) is 1. The second-order valence-electron chi connectivity index (χ2n) is 4.98. The molecule has 110 valence electrons. The van der Waals surface area contributed by atoms with Crippen molar-refractivity contribution in [2.75, 3.05) is 0 Å². The van der Waals surface area contributed by atoms with Crippen LogP contribution in [0.25, 0.3) is 0 Å². The first-order chi connectivity index (χ1) is 9.40. The topological polar surface area (TPSA) is 89.3 Å². The van der Waals surface area contributed by atoms with Gasteiger partial charge in [-0.2, -0.15) is 0 Å². The molecular weight excluding hydrogens is 300 g/mol. The minimum Gasteiger partial charge on any atom is -0.369 e. The Morgan fingerprint density at radius 3 is 2.40 bits per heavy atom. The molecule has 2 atom stereocenters. The molecule has 0 aromatic heterocycles. The molecule has 1 unspecified atom stereocenters. The summed E-state index contributed by atoms with van der Waals surface area (Å²) in [4.78, 5) is 11.5. The average molecular weight is 317 g/mol. The van der Waals surface area contributed by atoms with Crippen LogP contribution >= 0.6 is 11.6 Å². The second kappa shape index (κ2) is 6.11. The van der Waals surface area contributed by atoms with Gasteiger partial charge in [-0.3, -0.25) is 4.79 Å². The second-order valence-corrected chi connectivity index (χ2v) is 7.13. The number of amides is 1. The lowest BCUT2D eigenvalue weighted by Gasteiger charge is -2.29. The summed E-state index contributed by atoms with van der Waals surface area (Å²) in [5.41, 5.74) is 5.34. The quantitative estimate of drug-likeness (QED) is 0.885. The molecule has 1 saturated carbocycles. The van der Waals surface area contributed by atoms with Crippen LogP contribution in [-0.2, 0) is 14.8 Å². The molecule has 0 heterocycles. The third-order valence-electron chi connectivity index (χ3n) is 3.56. The molecule has 0 spiro atoms. The fourth-order valence-corrected chi connectivity index (χ4v) is 3.93. The van der Waals surface area contributed by atoms with E-state index in [1.165, 1.54) is 24.3 Å². The molecule has 1 amide bonds. The molecule has 1 aromatic rings. The number of sulfonamides is 1. The van der Waals surface area contributed by atoms with Crippen LogP contribution in [-0.4, -0.2) is 20.4 Å². The van der Waals surface area contributed by atoms with Gasteiger partial charge in [0.05, 0.1) is 10.8 Å². The van der Waals surface area contributed by atoms with Gasteiger partial charge in [0.2, 0.25) is 15.9 Å². The lowest BCUT2D eigenvalue weighted by atomic mass is 9.85. The summed E-state index contributed by atoms with van der Waals surface area (Å²) in [5.74, 6) is -0.890.